The lowest BCUT2D eigenvalue weighted by Gasteiger charge is -2.43. The van der Waals surface area contributed by atoms with Gasteiger partial charge in [0.2, 0.25) is 18.6 Å². The molecule has 1 saturated carbocycles. The Labute approximate surface area is 176 Å². The van der Waals surface area contributed by atoms with Crippen molar-refractivity contribution in [1.82, 2.24) is 15.5 Å². The highest BCUT2D eigenvalue weighted by molar-refractivity contribution is 7.80. The maximum absolute atomic E-state index is 13.2. The molecule has 4 unspecified atom stereocenters. The molecule has 29 heavy (non-hydrogen) atoms. The summed E-state index contributed by atoms with van der Waals surface area (Å²) in [5.41, 5.74) is 0.937. The van der Waals surface area contributed by atoms with E-state index in [1.807, 2.05) is 25.1 Å². The number of ether oxygens (including phenoxy) is 2. The molecular formula is C21H27N3O4S. The lowest BCUT2D eigenvalue weighted by molar-refractivity contribution is -0.138. The molecule has 0 bridgehead atoms. The minimum Gasteiger partial charge on any atom is -0.454 e. The van der Waals surface area contributed by atoms with Crippen LogP contribution in [0.2, 0.25) is 0 Å². The molecule has 0 aromatic heterocycles. The van der Waals surface area contributed by atoms with Crippen LogP contribution in [0.15, 0.2) is 18.2 Å². The number of rotatable bonds is 5. The second kappa shape index (κ2) is 8.18. The summed E-state index contributed by atoms with van der Waals surface area (Å²) in [5.74, 6) is 1.31. The van der Waals surface area contributed by atoms with Crippen LogP contribution in [-0.4, -0.2) is 40.7 Å². The van der Waals surface area contributed by atoms with Gasteiger partial charge in [0.05, 0.1) is 12.5 Å². The first kappa shape index (κ1) is 19.9. The van der Waals surface area contributed by atoms with Gasteiger partial charge in [-0.1, -0.05) is 13.0 Å². The number of carbonyl (C=O) groups excluding carboxylic acids is 2. The van der Waals surface area contributed by atoms with Crippen molar-refractivity contribution in [3.05, 3.63) is 23.8 Å². The molecule has 3 aliphatic rings. The topological polar surface area (TPSA) is 79.9 Å². The third-order valence-electron chi connectivity index (χ3n) is 6.14. The monoisotopic (exact) mass is 417 g/mol. The van der Waals surface area contributed by atoms with Gasteiger partial charge in [-0.2, -0.15) is 0 Å². The van der Waals surface area contributed by atoms with Crippen LogP contribution < -0.4 is 20.1 Å². The molecule has 156 valence electrons. The SMILES string of the molecule is CCC(C)NC(=O)C1CCC2C(=O)N(Cc3ccc4c(c3)OCO4)C(=S)NC2C1. The third kappa shape index (κ3) is 4.03. The second-order valence-corrected chi connectivity index (χ2v) is 8.49. The van der Waals surface area contributed by atoms with Gasteiger partial charge < -0.3 is 20.1 Å². The zero-order chi connectivity index (χ0) is 20.5. The molecule has 7 nitrogen and oxygen atoms in total. The maximum Gasteiger partial charge on any atom is 0.234 e. The summed E-state index contributed by atoms with van der Waals surface area (Å²) in [7, 11) is 0. The average molecular weight is 418 g/mol. The fourth-order valence-electron chi connectivity index (χ4n) is 4.23. The number of hydrogen-bond acceptors (Lipinski definition) is 5. The Balaban J connectivity index is 1.41. The number of amides is 2. The van der Waals surface area contributed by atoms with Gasteiger partial charge in [-0.05, 0) is 62.5 Å². The van der Waals surface area contributed by atoms with E-state index in [0.717, 1.165) is 18.4 Å². The fourth-order valence-corrected chi connectivity index (χ4v) is 4.54. The highest BCUT2D eigenvalue weighted by atomic mass is 32.1. The zero-order valence-corrected chi connectivity index (χ0v) is 17.6. The van der Waals surface area contributed by atoms with E-state index in [9.17, 15) is 9.59 Å². The maximum atomic E-state index is 13.2. The Morgan fingerprint density at radius 1 is 1.34 bits per heavy atom. The van der Waals surface area contributed by atoms with Gasteiger partial charge in [0, 0.05) is 18.0 Å². The highest BCUT2D eigenvalue weighted by Gasteiger charge is 2.44. The van der Waals surface area contributed by atoms with Gasteiger partial charge in [-0.25, -0.2) is 0 Å². The second-order valence-electron chi connectivity index (χ2n) is 8.10. The van der Waals surface area contributed by atoms with Crippen molar-refractivity contribution >= 4 is 29.1 Å². The van der Waals surface area contributed by atoms with Crippen LogP contribution in [0.4, 0.5) is 0 Å². The first-order valence-electron chi connectivity index (χ1n) is 10.3. The normalized spacial score (nSPS) is 26.6. The van der Waals surface area contributed by atoms with Gasteiger partial charge >= 0.3 is 0 Å². The number of hydrogen-bond donors (Lipinski definition) is 2. The van der Waals surface area contributed by atoms with Crippen LogP contribution in [0, 0.1) is 11.8 Å². The minimum absolute atomic E-state index is 0.0391. The standard InChI is InChI=1S/C21H27N3O4S/c1-3-12(2)22-19(25)14-5-6-15-16(9-14)23-21(29)24(20(15)26)10-13-4-7-17-18(8-13)28-11-27-17/h4,7-8,12,14-16H,3,5-6,9-11H2,1-2H3,(H,22,25)(H,23,29). The smallest absolute Gasteiger partial charge is 0.234 e. The van der Waals surface area contributed by atoms with Gasteiger partial charge in [0.1, 0.15) is 0 Å². The molecule has 4 rings (SSSR count). The Morgan fingerprint density at radius 3 is 2.93 bits per heavy atom. The summed E-state index contributed by atoms with van der Waals surface area (Å²) in [6, 6.07) is 5.75. The molecule has 4 atom stereocenters. The summed E-state index contributed by atoms with van der Waals surface area (Å²) in [4.78, 5) is 27.3. The molecule has 0 radical (unpaired) electrons. The van der Waals surface area contributed by atoms with Gasteiger partial charge in [0.25, 0.3) is 0 Å². The number of carbonyl (C=O) groups is 2. The van der Waals surface area contributed by atoms with Gasteiger partial charge in [0.15, 0.2) is 16.6 Å². The summed E-state index contributed by atoms with van der Waals surface area (Å²) >= 11 is 5.50. The predicted molar refractivity (Wildman–Crippen MR) is 111 cm³/mol. The summed E-state index contributed by atoms with van der Waals surface area (Å²) in [6.07, 6.45) is 2.95. The average Bonchev–Trinajstić information content (AvgIpc) is 3.18. The van der Waals surface area contributed by atoms with E-state index < -0.39 is 0 Å². The molecular weight excluding hydrogens is 390 g/mol. The molecule has 1 aliphatic carbocycles. The van der Waals surface area contributed by atoms with Gasteiger partial charge in [-0.15, -0.1) is 0 Å². The van der Waals surface area contributed by atoms with Crippen LogP contribution in [0.25, 0.3) is 0 Å². The van der Waals surface area contributed by atoms with Crippen molar-refractivity contribution in [3.63, 3.8) is 0 Å². The molecule has 0 spiro atoms. The Kier molecular flexibility index (Phi) is 5.63. The first-order valence-corrected chi connectivity index (χ1v) is 10.7. The predicted octanol–water partition coefficient (Wildman–Crippen LogP) is 2.33. The number of thiocarbonyl (C=S) groups is 1. The van der Waals surface area contributed by atoms with E-state index in [4.69, 9.17) is 21.7 Å². The Morgan fingerprint density at radius 2 is 2.14 bits per heavy atom. The van der Waals surface area contributed by atoms with Crippen molar-refractivity contribution in [1.29, 1.82) is 0 Å². The van der Waals surface area contributed by atoms with Crippen LogP contribution >= 0.6 is 12.2 Å². The van der Waals surface area contributed by atoms with Crippen LogP contribution in [0.1, 0.15) is 45.1 Å². The molecule has 2 amide bonds. The lowest BCUT2D eigenvalue weighted by Crippen LogP contribution is -2.61. The van der Waals surface area contributed by atoms with E-state index in [1.54, 1.807) is 4.90 Å². The molecule has 2 N–H and O–H groups in total. The number of nitrogens with zero attached hydrogens (tertiary/aromatic N) is 1. The molecule has 1 aromatic carbocycles. The van der Waals surface area contributed by atoms with Crippen molar-refractivity contribution in [2.24, 2.45) is 11.8 Å². The summed E-state index contributed by atoms with van der Waals surface area (Å²) < 4.78 is 10.8. The van der Waals surface area contributed by atoms with Crippen molar-refractivity contribution in [3.8, 4) is 11.5 Å². The fraction of sp³-hybridized carbons (Fsp3) is 0.571. The van der Waals surface area contributed by atoms with E-state index >= 15 is 0 Å². The van der Waals surface area contributed by atoms with E-state index in [-0.39, 0.29) is 42.5 Å². The Bertz CT molecular complexity index is 830. The summed E-state index contributed by atoms with van der Waals surface area (Å²) in [6.45, 7) is 4.67. The molecule has 1 aromatic rings. The lowest BCUT2D eigenvalue weighted by atomic mass is 9.76. The largest absolute Gasteiger partial charge is 0.454 e. The minimum atomic E-state index is -0.150. The Hall–Kier alpha value is -2.35. The van der Waals surface area contributed by atoms with E-state index in [1.165, 1.54) is 0 Å². The quantitative estimate of drug-likeness (QED) is 0.716. The number of benzene rings is 1. The van der Waals surface area contributed by atoms with Crippen LogP contribution in [0.5, 0.6) is 11.5 Å². The molecule has 2 heterocycles. The first-order chi connectivity index (χ1) is 14.0. The highest BCUT2D eigenvalue weighted by Crippen LogP contribution is 2.35. The van der Waals surface area contributed by atoms with Crippen LogP contribution in [-0.2, 0) is 16.1 Å². The zero-order valence-electron chi connectivity index (χ0n) is 16.8. The van der Waals surface area contributed by atoms with Crippen molar-refractivity contribution in [2.45, 2.75) is 58.2 Å². The molecule has 1 saturated heterocycles. The van der Waals surface area contributed by atoms with Crippen LogP contribution in [0.3, 0.4) is 0 Å². The summed E-state index contributed by atoms with van der Waals surface area (Å²) in [5, 5.41) is 6.81. The van der Waals surface area contributed by atoms with E-state index in [2.05, 4.69) is 17.6 Å². The van der Waals surface area contributed by atoms with E-state index in [0.29, 0.717) is 36.0 Å². The number of nitrogens with one attached hydrogen (secondary N) is 2. The van der Waals surface area contributed by atoms with Gasteiger partial charge in [-0.3, -0.25) is 14.5 Å². The molecule has 8 heteroatoms. The molecule has 2 aliphatic heterocycles. The van der Waals surface area contributed by atoms with Crippen molar-refractivity contribution in [2.75, 3.05) is 6.79 Å². The third-order valence-corrected chi connectivity index (χ3v) is 6.48. The number of fused-ring (bicyclic) bond motifs is 2. The van der Waals surface area contributed by atoms with Crippen molar-refractivity contribution < 1.29 is 19.1 Å². The molecule has 2 fully saturated rings.